The molecule has 0 unspecified atom stereocenters. The fourth-order valence-corrected chi connectivity index (χ4v) is 6.65. The normalized spacial score (nSPS) is 20.4. The second kappa shape index (κ2) is 11.7. The Kier molecular flexibility index (Phi) is 8.18. The van der Waals surface area contributed by atoms with Crippen LogP contribution in [0.4, 0.5) is 0 Å². The second-order valence-electron chi connectivity index (χ2n) is 10.5. The molecule has 2 fully saturated rings. The van der Waals surface area contributed by atoms with Crippen molar-refractivity contribution in [1.82, 2.24) is 4.90 Å². The number of benzene rings is 3. The fourth-order valence-electron chi connectivity index (χ4n) is 5.76. The number of thioether (sulfide) groups is 1. The molecule has 2 aliphatic heterocycles. The van der Waals surface area contributed by atoms with E-state index in [1.54, 1.807) is 26.0 Å². The van der Waals surface area contributed by atoms with Gasteiger partial charge in [0.1, 0.15) is 11.9 Å². The first kappa shape index (κ1) is 26.5. The van der Waals surface area contributed by atoms with Crippen LogP contribution < -0.4 is 14.2 Å². The molecule has 0 aliphatic carbocycles. The van der Waals surface area contributed by atoms with Crippen molar-refractivity contribution < 1.29 is 19.0 Å². The zero-order valence-corrected chi connectivity index (χ0v) is 23.5. The lowest BCUT2D eigenvalue weighted by Gasteiger charge is -2.39. The van der Waals surface area contributed by atoms with E-state index in [2.05, 4.69) is 49.1 Å². The van der Waals surface area contributed by atoms with Gasteiger partial charge in [0.2, 0.25) is 0 Å². The van der Waals surface area contributed by atoms with Crippen LogP contribution in [-0.4, -0.2) is 43.2 Å². The van der Waals surface area contributed by atoms with Crippen molar-refractivity contribution in [2.24, 2.45) is 0 Å². The third kappa shape index (κ3) is 5.65. The number of amides is 1. The lowest BCUT2D eigenvalue weighted by atomic mass is 9.97. The summed E-state index contributed by atoms with van der Waals surface area (Å²) in [6.07, 6.45) is 4.07. The second-order valence-corrected chi connectivity index (χ2v) is 11.6. The van der Waals surface area contributed by atoms with Crippen LogP contribution in [0.25, 0.3) is 0 Å². The van der Waals surface area contributed by atoms with Gasteiger partial charge in [-0.2, -0.15) is 0 Å². The van der Waals surface area contributed by atoms with Crippen LogP contribution in [-0.2, 0) is 5.75 Å². The molecule has 3 aromatic carbocycles. The van der Waals surface area contributed by atoms with Crippen molar-refractivity contribution in [2.45, 2.75) is 74.3 Å². The Hall–Kier alpha value is -3.12. The number of carbonyl (C=O) groups is 1. The third-order valence-corrected chi connectivity index (χ3v) is 8.79. The van der Waals surface area contributed by atoms with Crippen molar-refractivity contribution in [3.63, 3.8) is 0 Å². The minimum atomic E-state index is 0.151. The van der Waals surface area contributed by atoms with Gasteiger partial charge in [0.15, 0.2) is 11.5 Å². The summed E-state index contributed by atoms with van der Waals surface area (Å²) in [5.41, 5.74) is 3.20. The molecule has 0 spiro atoms. The minimum absolute atomic E-state index is 0.151. The standard InChI is InChI=1S/C32H37NO4S/c1-21(2)28-7-5-6-8-29(28)37-26-17-24-13-14-25(18-26)33(24)32(34)23-11-9-22(10-12-23)20-38-27-15-16-30(35-3)31(19-27)36-4/h5-12,15-16,19,21,24-26H,13-14,17-18,20H2,1-4H3/t24-,25-/m0/s1. The smallest absolute Gasteiger partial charge is 0.254 e. The van der Waals surface area contributed by atoms with Crippen molar-refractivity contribution in [3.8, 4) is 17.2 Å². The van der Waals surface area contributed by atoms with Crippen LogP contribution >= 0.6 is 11.8 Å². The number of methoxy groups -OCH3 is 2. The zero-order valence-electron chi connectivity index (χ0n) is 22.7. The van der Waals surface area contributed by atoms with Crippen molar-refractivity contribution >= 4 is 17.7 Å². The van der Waals surface area contributed by atoms with E-state index >= 15 is 0 Å². The minimum Gasteiger partial charge on any atom is -0.493 e. The highest BCUT2D eigenvalue weighted by Gasteiger charge is 2.44. The molecule has 2 heterocycles. The van der Waals surface area contributed by atoms with Crippen LogP contribution in [0.2, 0.25) is 0 Å². The van der Waals surface area contributed by atoms with Gasteiger partial charge in [0.05, 0.1) is 14.2 Å². The van der Waals surface area contributed by atoms with Crippen LogP contribution in [0, 0.1) is 0 Å². The molecule has 5 nitrogen and oxygen atoms in total. The maximum absolute atomic E-state index is 13.5. The topological polar surface area (TPSA) is 48.0 Å². The lowest BCUT2D eigenvalue weighted by Crippen LogP contribution is -2.49. The summed E-state index contributed by atoms with van der Waals surface area (Å²) in [7, 11) is 3.29. The van der Waals surface area contributed by atoms with Crippen molar-refractivity contribution in [2.75, 3.05) is 14.2 Å². The van der Waals surface area contributed by atoms with Gasteiger partial charge in [0, 0.05) is 41.1 Å². The van der Waals surface area contributed by atoms with Gasteiger partial charge in [-0.1, -0.05) is 44.2 Å². The maximum Gasteiger partial charge on any atom is 0.254 e. The lowest BCUT2D eigenvalue weighted by molar-refractivity contribution is 0.0356. The summed E-state index contributed by atoms with van der Waals surface area (Å²) in [6.45, 7) is 4.40. The predicted octanol–water partition coefficient (Wildman–Crippen LogP) is 7.33. The maximum atomic E-state index is 13.5. The van der Waals surface area contributed by atoms with E-state index in [4.69, 9.17) is 14.2 Å². The van der Waals surface area contributed by atoms with Crippen LogP contribution in [0.3, 0.4) is 0 Å². The summed E-state index contributed by atoms with van der Waals surface area (Å²) < 4.78 is 17.3. The van der Waals surface area contributed by atoms with E-state index in [0.29, 0.717) is 5.92 Å². The Morgan fingerprint density at radius 1 is 0.895 bits per heavy atom. The number of hydrogen-bond donors (Lipinski definition) is 0. The molecule has 6 heteroatoms. The Morgan fingerprint density at radius 2 is 1.58 bits per heavy atom. The summed E-state index contributed by atoms with van der Waals surface area (Å²) in [5.74, 6) is 3.84. The Morgan fingerprint density at radius 3 is 2.24 bits per heavy atom. The van der Waals surface area contributed by atoms with Crippen LogP contribution in [0.5, 0.6) is 17.2 Å². The molecular formula is C32H37NO4S. The first-order chi connectivity index (χ1) is 18.5. The molecule has 0 N–H and O–H groups in total. The molecule has 0 radical (unpaired) electrons. The fraction of sp³-hybridized carbons (Fsp3) is 0.406. The first-order valence-corrected chi connectivity index (χ1v) is 14.5. The molecule has 2 aliphatic rings. The number of fused-ring (bicyclic) bond motifs is 2. The average molecular weight is 532 g/mol. The van der Waals surface area contributed by atoms with E-state index in [0.717, 1.165) is 59.1 Å². The first-order valence-electron chi connectivity index (χ1n) is 13.5. The highest BCUT2D eigenvalue weighted by atomic mass is 32.2. The molecule has 0 saturated carbocycles. The van der Waals surface area contributed by atoms with Crippen LogP contribution in [0.15, 0.2) is 71.6 Å². The molecule has 2 bridgehead atoms. The number of nitrogens with zero attached hydrogens (tertiary/aromatic N) is 1. The molecule has 2 saturated heterocycles. The van der Waals surface area contributed by atoms with Crippen LogP contribution in [0.1, 0.15) is 66.9 Å². The third-order valence-electron chi connectivity index (χ3n) is 7.72. The van der Waals surface area contributed by atoms with E-state index in [1.165, 1.54) is 11.1 Å². The number of para-hydroxylation sites is 1. The number of piperidine rings is 1. The van der Waals surface area contributed by atoms with Gasteiger partial charge < -0.3 is 19.1 Å². The molecule has 200 valence electrons. The SMILES string of the molecule is COc1ccc(SCc2ccc(C(=O)N3[C@H]4CC[C@H]3CC(Oc3ccccc3C(C)C)C4)cc2)cc1OC. The van der Waals surface area contributed by atoms with E-state index in [-0.39, 0.29) is 24.1 Å². The highest BCUT2D eigenvalue weighted by Crippen LogP contribution is 2.39. The van der Waals surface area contributed by atoms with Gasteiger partial charge >= 0.3 is 0 Å². The molecule has 1 amide bonds. The summed E-state index contributed by atoms with van der Waals surface area (Å²) in [4.78, 5) is 16.8. The summed E-state index contributed by atoms with van der Waals surface area (Å²) in [5, 5.41) is 0. The number of ether oxygens (including phenoxy) is 3. The van der Waals surface area contributed by atoms with Gasteiger partial charge in [-0.15, -0.1) is 11.8 Å². The number of rotatable bonds is 9. The predicted molar refractivity (Wildman–Crippen MR) is 153 cm³/mol. The van der Waals surface area contributed by atoms with Gasteiger partial charge in [-0.05, 0) is 66.3 Å². The summed E-state index contributed by atoms with van der Waals surface area (Å²) >= 11 is 1.73. The Balaban J connectivity index is 1.19. The number of carbonyl (C=O) groups excluding carboxylic acids is 1. The molecule has 5 rings (SSSR count). The van der Waals surface area contributed by atoms with Gasteiger partial charge in [-0.3, -0.25) is 4.79 Å². The monoisotopic (exact) mass is 531 g/mol. The molecule has 2 atom stereocenters. The zero-order chi connectivity index (χ0) is 26.6. The summed E-state index contributed by atoms with van der Waals surface area (Å²) in [6, 6.07) is 22.9. The van der Waals surface area contributed by atoms with Gasteiger partial charge in [0.25, 0.3) is 5.91 Å². The van der Waals surface area contributed by atoms with E-state index in [1.807, 2.05) is 36.4 Å². The molecule has 0 aromatic heterocycles. The Labute approximate surface area is 230 Å². The van der Waals surface area contributed by atoms with Crippen molar-refractivity contribution in [1.29, 1.82) is 0 Å². The average Bonchev–Trinajstić information content (AvgIpc) is 3.21. The van der Waals surface area contributed by atoms with Gasteiger partial charge in [-0.25, -0.2) is 0 Å². The Bertz CT molecular complexity index is 1240. The number of hydrogen-bond acceptors (Lipinski definition) is 5. The van der Waals surface area contributed by atoms with E-state index in [9.17, 15) is 4.79 Å². The quantitative estimate of drug-likeness (QED) is 0.271. The van der Waals surface area contributed by atoms with Crippen molar-refractivity contribution in [3.05, 3.63) is 83.4 Å². The van der Waals surface area contributed by atoms with E-state index < -0.39 is 0 Å². The molecule has 3 aromatic rings. The molecule has 38 heavy (non-hydrogen) atoms. The largest absolute Gasteiger partial charge is 0.493 e. The highest BCUT2D eigenvalue weighted by molar-refractivity contribution is 7.98. The molecular weight excluding hydrogens is 494 g/mol.